The van der Waals surface area contributed by atoms with Crippen molar-refractivity contribution in [1.82, 2.24) is 14.4 Å². The molecular formula is C16H17N3O3. The van der Waals surface area contributed by atoms with Gasteiger partial charge in [-0.3, -0.25) is 9.20 Å². The molecule has 0 amide bonds. The van der Waals surface area contributed by atoms with Crippen molar-refractivity contribution in [2.75, 3.05) is 0 Å². The highest BCUT2D eigenvalue weighted by atomic mass is 16.4. The first-order valence-corrected chi connectivity index (χ1v) is 7.15. The average Bonchev–Trinajstić information content (AvgIpc) is 2.77. The molecule has 0 unspecified atom stereocenters. The molecule has 6 nitrogen and oxygen atoms in total. The third kappa shape index (κ3) is 2.16. The first-order valence-electron chi connectivity index (χ1n) is 7.15. The van der Waals surface area contributed by atoms with Gasteiger partial charge in [-0.15, -0.1) is 0 Å². The molecule has 0 saturated carbocycles. The molecule has 22 heavy (non-hydrogen) atoms. The van der Waals surface area contributed by atoms with Crippen molar-refractivity contribution in [3.8, 4) is 0 Å². The van der Waals surface area contributed by atoms with Crippen LogP contribution < -0.4 is 5.56 Å². The van der Waals surface area contributed by atoms with Gasteiger partial charge >= 0.3 is 5.97 Å². The van der Waals surface area contributed by atoms with Gasteiger partial charge in [0.05, 0.1) is 16.7 Å². The van der Waals surface area contributed by atoms with Crippen molar-refractivity contribution in [3.05, 3.63) is 45.5 Å². The Labute approximate surface area is 126 Å². The second kappa shape index (κ2) is 4.98. The first-order chi connectivity index (χ1) is 10.4. The van der Waals surface area contributed by atoms with E-state index in [4.69, 9.17) is 0 Å². The van der Waals surface area contributed by atoms with Crippen LogP contribution in [0.4, 0.5) is 0 Å². The number of hydrogen-bond acceptors (Lipinski definition) is 3. The molecule has 3 aromatic rings. The van der Waals surface area contributed by atoms with Gasteiger partial charge in [0.25, 0.3) is 5.56 Å². The van der Waals surface area contributed by atoms with Crippen molar-refractivity contribution < 1.29 is 9.90 Å². The molecule has 0 saturated heterocycles. The SMILES string of the molecule is Cc1c(C(=O)O)nc2c(=O)[nH]c3cc(CC(C)C)ccc3n12. The molecule has 1 aromatic carbocycles. The lowest BCUT2D eigenvalue weighted by Crippen LogP contribution is -2.11. The summed E-state index contributed by atoms with van der Waals surface area (Å²) in [5.41, 5.74) is 2.66. The van der Waals surface area contributed by atoms with Crippen molar-refractivity contribution in [2.45, 2.75) is 27.2 Å². The summed E-state index contributed by atoms with van der Waals surface area (Å²) in [4.78, 5) is 30.2. The highest BCUT2D eigenvalue weighted by Gasteiger charge is 2.18. The molecule has 0 spiro atoms. The topological polar surface area (TPSA) is 87.5 Å². The van der Waals surface area contributed by atoms with Crippen LogP contribution >= 0.6 is 0 Å². The molecule has 114 valence electrons. The predicted molar refractivity (Wildman–Crippen MR) is 83.6 cm³/mol. The minimum atomic E-state index is -1.13. The monoisotopic (exact) mass is 299 g/mol. The highest BCUT2D eigenvalue weighted by Crippen LogP contribution is 2.19. The van der Waals surface area contributed by atoms with Crippen molar-refractivity contribution in [1.29, 1.82) is 0 Å². The second-order valence-electron chi connectivity index (χ2n) is 5.91. The maximum Gasteiger partial charge on any atom is 0.356 e. The van der Waals surface area contributed by atoms with Crippen LogP contribution in [0.5, 0.6) is 0 Å². The van der Waals surface area contributed by atoms with Gasteiger partial charge in [0.1, 0.15) is 0 Å². The maximum atomic E-state index is 12.2. The van der Waals surface area contributed by atoms with E-state index in [1.165, 1.54) is 0 Å². The smallest absolute Gasteiger partial charge is 0.356 e. The number of aromatic nitrogens is 3. The van der Waals surface area contributed by atoms with Crippen LogP contribution in [-0.4, -0.2) is 25.4 Å². The summed E-state index contributed by atoms with van der Waals surface area (Å²) in [7, 11) is 0. The number of aromatic amines is 1. The zero-order chi connectivity index (χ0) is 16.0. The highest BCUT2D eigenvalue weighted by molar-refractivity contribution is 5.89. The number of carboxylic acids is 1. The Morgan fingerprint density at radius 3 is 2.77 bits per heavy atom. The van der Waals surface area contributed by atoms with E-state index in [-0.39, 0.29) is 16.9 Å². The first kappa shape index (κ1) is 14.3. The summed E-state index contributed by atoms with van der Waals surface area (Å²) in [6, 6.07) is 5.84. The Morgan fingerprint density at radius 2 is 2.14 bits per heavy atom. The molecule has 6 heteroatoms. The fraction of sp³-hybridized carbons (Fsp3) is 0.312. The molecular weight excluding hydrogens is 282 g/mol. The second-order valence-corrected chi connectivity index (χ2v) is 5.91. The zero-order valence-corrected chi connectivity index (χ0v) is 12.7. The third-order valence-electron chi connectivity index (χ3n) is 3.71. The Hall–Kier alpha value is -2.63. The number of carboxylic acid groups (broad SMARTS) is 1. The largest absolute Gasteiger partial charge is 0.476 e. The van der Waals surface area contributed by atoms with E-state index in [9.17, 15) is 14.7 Å². The van der Waals surface area contributed by atoms with Gasteiger partial charge in [-0.2, -0.15) is 0 Å². The maximum absolute atomic E-state index is 12.2. The lowest BCUT2D eigenvalue weighted by molar-refractivity contribution is 0.0690. The van der Waals surface area contributed by atoms with E-state index in [2.05, 4.69) is 23.8 Å². The normalized spacial score (nSPS) is 11.6. The number of fused-ring (bicyclic) bond motifs is 3. The molecule has 2 N–H and O–H groups in total. The molecule has 2 heterocycles. The van der Waals surface area contributed by atoms with Gasteiger partial charge in [0, 0.05) is 0 Å². The molecule has 0 aliphatic rings. The van der Waals surface area contributed by atoms with Gasteiger partial charge < -0.3 is 10.1 Å². The average molecular weight is 299 g/mol. The van der Waals surface area contributed by atoms with Crippen LogP contribution in [-0.2, 0) is 6.42 Å². The van der Waals surface area contributed by atoms with E-state index in [0.717, 1.165) is 17.5 Å². The number of nitrogens with one attached hydrogen (secondary N) is 1. The predicted octanol–water partition coefficient (Wildman–Crippen LogP) is 2.38. The molecule has 2 aromatic heterocycles. The Bertz CT molecular complexity index is 951. The van der Waals surface area contributed by atoms with Crippen LogP contribution in [0, 0.1) is 12.8 Å². The number of nitrogens with zero attached hydrogens (tertiary/aromatic N) is 2. The standard InChI is InChI=1S/C16H17N3O3/c1-8(2)6-10-4-5-12-11(7-10)17-15(20)14-18-13(16(21)22)9(3)19(12)14/h4-5,7-8H,6H2,1-3H3,(H,17,20)(H,21,22). The van der Waals surface area contributed by atoms with Crippen LogP contribution in [0.25, 0.3) is 16.7 Å². The number of hydrogen-bond donors (Lipinski definition) is 2. The molecule has 0 radical (unpaired) electrons. The van der Waals surface area contributed by atoms with Crippen LogP contribution in [0.2, 0.25) is 0 Å². The summed E-state index contributed by atoms with van der Waals surface area (Å²) < 4.78 is 1.61. The third-order valence-corrected chi connectivity index (χ3v) is 3.71. The van der Waals surface area contributed by atoms with E-state index in [1.54, 1.807) is 11.3 Å². The Morgan fingerprint density at radius 1 is 1.41 bits per heavy atom. The van der Waals surface area contributed by atoms with E-state index in [0.29, 0.717) is 17.1 Å². The van der Waals surface area contributed by atoms with Crippen LogP contribution in [0.1, 0.15) is 35.6 Å². The van der Waals surface area contributed by atoms with Gasteiger partial charge in [-0.1, -0.05) is 19.9 Å². The van der Waals surface area contributed by atoms with E-state index >= 15 is 0 Å². The lowest BCUT2D eigenvalue weighted by Gasteiger charge is -2.08. The van der Waals surface area contributed by atoms with Gasteiger partial charge in [-0.05, 0) is 37.0 Å². The molecule has 0 atom stereocenters. The Balaban J connectivity index is 2.36. The fourth-order valence-corrected chi connectivity index (χ4v) is 2.81. The summed E-state index contributed by atoms with van der Waals surface area (Å²) in [5, 5.41) is 9.18. The number of rotatable bonds is 3. The van der Waals surface area contributed by atoms with Gasteiger partial charge in [0.15, 0.2) is 5.69 Å². The number of H-pyrrole nitrogens is 1. The summed E-state index contributed by atoms with van der Waals surface area (Å²) in [6.07, 6.45) is 0.916. The number of aromatic carboxylic acids is 1. The Kier molecular flexibility index (Phi) is 3.24. The van der Waals surface area contributed by atoms with Crippen molar-refractivity contribution >= 4 is 22.6 Å². The van der Waals surface area contributed by atoms with Crippen molar-refractivity contribution in [2.24, 2.45) is 5.92 Å². The minimum Gasteiger partial charge on any atom is -0.476 e. The number of carbonyl (C=O) groups is 1. The van der Waals surface area contributed by atoms with E-state index < -0.39 is 5.97 Å². The molecule has 3 rings (SSSR count). The van der Waals surface area contributed by atoms with Gasteiger partial charge in [0.2, 0.25) is 5.65 Å². The quantitative estimate of drug-likeness (QED) is 0.777. The number of imidazole rings is 1. The number of benzene rings is 1. The molecule has 0 bridgehead atoms. The molecule has 0 fully saturated rings. The summed E-state index contributed by atoms with van der Waals surface area (Å²) in [5.74, 6) is -0.619. The van der Waals surface area contributed by atoms with E-state index in [1.807, 2.05) is 18.2 Å². The molecule has 0 aliphatic heterocycles. The van der Waals surface area contributed by atoms with Gasteiger partial charge in [-0.25, -0.2) is 9.78 Å². The minimum absolute atomic E-state index is 0.0933. The van der Waals surface area contributed by atoms with Crippen molar-refractivity contribution in [3.63, 3.8) is 0 Å². The van der Waals surface area contributed by atoms with Crippen LogP contribution in [0.3, 0.4) is 0 Å². The lowest BCUT2D eigenvalue weighted by atomic mass is 10.0. The fourth-order valence-electron chi connectivity index (χ4n) is 2.81. The summed E-state index contributed by atoms with van der Waals surface area (Å²) >= 11 is 0. The number of aryl methyl sites for hydroxylation is 1. The summed E-state index contributed by atoms with van der Waals surface area (Å²) in [6.45, 7) is 5.93. The zero-order valence-electron chi connectivity index (χ0n) is 12.7. The van der Waals surface area contributed by atoms with Crippen LogP contribution in [0.15, 0.2) is 23.0 Å². The molecule has 0 aliphatic carbocycles.